The van der Waals surface area contributed by atoms with Gasteiger partial charge >= 0.3 is 0 Å². The number of sulfone groups is 1. The summed E-state index contributed by atoms with van der Waals surface area (Å²) in [5.41, 5.74) is 2.64. The number of rotatable bonds is 5. The number of hydrogen-bond acceptors (Lipinski definition) is 5. The largest absolute Gasteiger partial charge is 0.271 e. The van der Waals surface area contributed by atoms with Crippen LogP contribution in [-0.2, 0) is 9.84 Å². The lowest BCUT2D eigenvalue weighted by Gasteiger charge is -2.12. The van der Waals surface area contributed by atoms with E-state index in [1.807, 2.05) is 6.07 Å². The molecule has 0 aliphatic heterocycles. The third-order valence-electron chi connectivity index (χ3n) is 1.99. The third kappa shape index (κ3) is 4.42. The van der Waals surface area contributed by atoms with Gasteiger partial charge in [0.05, 0.1) is 15.6 Å². The van der Waals surface area contributed by atoms with Gasteiger partial charge in [0.15, 0.2) is 0 Å². The van der Waals surface area contributed by atoms with Gasteiger partial charge in [-0.15, -0.1) is 11.3 Å². The molecule has 0 aliphatic rings. The van der Waals surface area contributed by atoms with Gasteiger partial charge < -0.3 is 0 Å². The molecule has 0 aromatic carbocycles. The fourth-order valence-electron chi connectivity index (χ4n) is 1.17. The Morgan fingerprint density at radius 1 is 1.56 bits per heavy atom. The number of nitrogens with two attached hydrogens (primary N) is 1. The van der Waals surface area contributed by atoms with Crippen LogP contribution in [0.5, 0.6) is 0 Å². The molecule has 92 valence electrons. The first kappa shape index (κ1) is 14.6. The second kappa shape index (κ2) is 5.92. The molecular formula is C8H12Br2N2O2S2. The first-order valence-electron chi connectivity index (χ1n) is 4.42. The van der Waals surface area contributed by atoms with Crippen LogP contribution in [0.15, 0.2) is 14.3 Å². The van der Waals surface area contributed by atoms with Crippen LogP contribution in [0.25, 0.3) is 0 Å². The molecule has 0 saturated heterocycles. The summed E-state index contributed by atoms with van der Waals surface area (Å²) in [6, 6.07) is 1.80. The quantitative estimate of drug-likeness (QED) is 0.596. The summed E-state index contributed by atoms with van der Waals surface area (Å²) in [7, 11) is -2.95. The highest BCUT2D eigenvalue weighted by atomic mass is 79.9. The molecule has 0 aliphatic carbocycles. The standard InChI is InChI=1S/C8H12Br2N2O2S2/c1-16(13,14)3-2-6(12-11)7-4-5(9)8(10)15-7/h4,6,12H,2-3,11H2,1H3. The van der Waals surface area contributed by atoms with Crippen molar-refractivity contribution in [3.05, 3.63) is 19.2 Å². The predicted octanol–water partition coefficient (Wildman–Crippen LogP) is 2.21. The van der Waals surface area contributed by atoms with Crippen LogP contribution in [0.4, 0.5) is 0 Å². The fourth-order valence-corrected chi connectivity index (χ4v) is 4.02. The predicted molar refractivity (Wildman–Crippen MR) is 74.1 cm³/mol. The van der Waals surface area contributed by atoms with E-state index in [2.05, 4.69) is 37.3 Å². The minimum Gasteiger partial charge on any atom is -0.271 e. The third-order valence-corrected chi connectivity index (χ3v) is 6.33. The summed E-state index contributed by atoms with van der Waals surface area (Å²) in [5.74, 6) is 5.54. The van der Waals surface area contributed by atoms with E-state index in [4.69, 9.17) is 5.84 Å². The van der Waals surface area contributed by atoms with Crippen molar-refractivity contribution in [3.8, 4) is 0 Å². The molecule has 0 fully saturated rings. The second-order valence-corrected chi connectivity index (χ2v) is 8.92. The number of hydrogen-bond donors (Lipinski definition) is 2. The lowest BCUT2D eigenvalue weighted by molar-refractivity contribution is 0.538. The fraction of sp³-hybridized carbons (Fsp3) is 0.500. The van der Waals surface area contributed by atoms with E-state index in [1.165, 1.54) is 17.6 Å². The number of hydrazine groups is 1. The molecule has 0 spiro atoms. The van der Waals surface area contributed by atoms with Gasteiger partial charge in [-0.3, -0.25) is 11.3 Å². The Balaban J connectivity index is 2.75. The first-order valence-corrected chi connectivity index (χ1v) is 8.88. The van der Waals surface area contributed by atoms with Gasteiger partial charge in [-0.25, -0.2) is 8.42 Å². The first-order chi connectivity index (χ1) is 7.33. The van der Waals surface area contributed by atoms with Gasteiger partial charge in [-0.05, 0) is 44.3 Å². The number of halogens is 2. The average molecular weight is 392 g/mol. The Labute approximate surface area is 116 Å². The molecule has 1 atom stereocenters. The lowest BCUT2D eigenvalue weighted by Crippen LogP contribution is -2.28. The minimum atomic E-state index is -2.95. The zero-order valence-electron chi connectivity index (χ0n) is 8.54. The SMILES string of the molecule is CS(=O)(=O)CCC(NN)c1cc(Br)c(Br)s1. The summed E-state index contributed by atoms with van der Waals surface area (Å²) in [6.07, 6.45) is 1.69. The highest BCUT2D eigenvalue weighted by Crippen LogP contribution is 2.36. The van der Waals surface area contributed by atoms with Crippen molar-refractivity contribution in [2.75, 3.05) is 12.0 Å². The zero-order chi connectivity index (χ0) is 12.3. The summed E-state index contributed by atoms with van der Waals surface area (Å²) >= 11 is 8.30. The van der Waals surface area contributed by atoms with Crippen molar-refractivity contribution in [2.24, 2.45) is 5.84 Å². The van der Waals surface area contributed by atoms with Gasteiger partial charge in [-0.2, -0.15) is 0 Å². The normalized spacial score (nSPS) is 14.0. The molecule has 3 N–H and O–H groups in total. The minimum absolute atomic E-state index is 0.120. The second-order valence-electron chi connectivity index (χ2n) is 3.41. The maximum absolute atomic E-state index is 11.1. The Morgan fingerprint density at radius 2 is 2.19 bits per heavy atom. The Bertz CT molecular complexity index is 439. The van der Waals surface area contributed by atoms with Crippen LogP contribution in [-0.4, -0.2) is 20.4 Å². The van der Waals surface area contributed by atoms with Crippen LogP contribution in [0, 0.1) is 0 Å². The van der Waals surface area contributed by atoms with Gasteiger partial charge in [0.2, 0.25) is 0 Å². The Kier molecular flexibility index (Phi) is 5.40. The molecule has 4 nitrogen and oxygen atoms in total. The topological polar surface area (TPSA) is 72.2 Å². The average Bonchev–Trinajstić information content (AvgIpc) is 2.46. The highest BCUT2D eigenvalue weighted by Gasteiger charge is 2.16. The molecule has 0 bridgehead atoms. The van der Waals surface area contributed by atoms with Crippen LogP contribution in [0.2, 0.25) is 0 Å². The number of thiophene rings is 1. The summed E-state index contributed by atoms with van der Waals surface area (Å²) in [5, 5.41) is 0. The van der Waals surface area contributed by atoms with Crippen LogP contribution >= 0.6 is 43.2 Å². The molecule has 1 aromatic heterocycles. The molecule has 1 rings (SSSR count). The van der Waals surface area contributed by atoms with Crippen LogP contribution in [0.1, 0.15) is 17.3 Å². The van der Waals surface area contributed by atoms with Crippen molar-refractivity contribution in [1.29, 1.82) is 0 Å². The van der Waals surface area contributed by atoms with Crippen molar-refractivity contribution in [2.45, 2.75) is 12.5 Å². The van der Waals surface area contributed by atoms with E-state index in [0.717, 1.165) is 13.1 Å². The van der Waals surface area contributed by atoms with E-state index in [1.54, 1.807) is 0 Å². The van der Waals surface area contributed by atoms with E-state index < -0.39 is 9.84 Å². The Hall–Kier alpha value is 0.530. The van der Waals surface area contributed by atoms with Crippen molar-refractivity contribution in [3.63, 3.8) is 0 Å². The Morgan fingerprint density at radius 3 is 2.56 bits per heavy atom. The van der Waals surface area contributed by atoms with E-state index in [0.29, 0.717) is 6.42 Å². The summed E-state index contributed by atoms with van der Waals surface area (Å²) in [6.45, 7) is 0. The molecule has 0 amide bonds. The summed E-state index contributed by atoms with van der Waals surface area (Å²) < 4.78 is 24.1. The smallest absolute Gasteiger partial charge is 0.147 e. The lowest BCUT2D eigenvalue weighted by atomic mass is 10.2. The number of nitrogens with one attached hydrogen (secondary N) is 1. The maximum atomic E-state index is 11.1. The summed E-state index contributed by atoms with van der Waals surface area (Å²) in [4.78, 5) is 1.00. The van der Waals surface area contributed by atoms with Crippen LogP contribution in [0.3, 0.4) is 0 Å². The molecule has 1 heterocycles. The van der Waals surface area contributed by atoms with Crippen molar-refractivity contribution < 1.29 is 8.42 Å². The molecule has 1 aromatic rings. The maximum Gasteiger partial charge on any atom is 0.147 e. The van der Waals surface area contributed by atoms with Gasteiger partial charge in [-0.1, -0.05) is 0 Å². The monoisotopic (exact) mass is 390 g/mol. The van der Waals surface area contributed by atoms with E-state index >= 15 is 0 Å². The van der Waals surface area contributed by atoms with Crippen molar-refractivity contribution in [1.82, 2.24) is 5.43 Å². The van der Waals surface area contributed by atoms with Gasteiger partial charge in [0.25, 0.3) is 0 Å². The molecule has 0 saturated carbocycles. The highest BCUT2D eigenvalue weighted by molar-refractivity contribution is 9.13. The molecular weight excluding hydrogens is 380 g/mol. The van der Waals surface area contributed by atoms with Crippen molar-refractivity contribution >= 4 is 53.0 Å². The van der Waals surface area contributed by atoms with Gasteiger partial charge in [0, 0.05) is 15.6 Å². The molecule has 16 heavy (non-hydrogen) atoms. The van der Waals surface area contributed by atoms with Gasteiger partial charge in [0.1, 0.15) is 9.84 Å². The molecule has 8 heteroatoms. The zero-order valence-corrected chi connectivity index (χ0v) is 13.3. The van der Waals surface area contributed by atoms with E-state index in [9.17, 15) is 8.42 Å². The van der Waals surface area contributed by atoms with E-state index in [-0.39, 0.29) is 11.8 Å². The van der Waals surface area contributed by atoms with Crippen LogP contribution < -0.4 is 11.3 Å². The molecule has 0 radical (unpaired) electrons. The molecule has 1 unspecified atom stereocenters.